The second-order valence-corrected chi connectivity index (χ2v) is 4.01. The van der Waals surface area contributed by atoms with Gasteiger partial charge in [-0.05, 0) is 43.4 Å². The molecule has 0 saturated heterocycles. The minimum absolute atomic E-state index is 0.401. The number of anilines is 1. The number of hydrogen-bond donors (Lipinski definition) is 3. The number of aromatic amines is 1. The van der Waals surface area contributed by atoms with Crippen molar-refractivity contribution in [2.45, 2.75) is 13.5 Å². The molecule has 0 spiro atoms. The summed E-state index contributed by atoms with van der Waals surface area (Å²) in [6.07, 6.45) is 0. The molecule has 96 valence electrons. The molecular formula is C11H15N5OS. The van der Waals surface area contributed by atoms with Crippen LogP contribution in [0.4, 0.5) is 5.69 Å². The lowest BCUT2D eigenvalue weighted by Gasteiger charge is -2.07. The highest BCUT2D eigenvalue weighted by molar-refractivity contribution is 7.71. The molecule has 0 bridgehead atoms. The summed E-state index contributed by atoms with van der Waals surface area (Å²) in [7, 11) is 0. The maximum atomic E-state index is 5.69. The summed E-state index contributed by atoms with van der Waals surface area (Å²) in [5.41, 5.74) is 0.965. The van der Waals surface area contributed by atoms with Crippen molar-refractivity contribution in [2.75, 3.05) is 17.8 Å². The molecule has 1 aromatic carbocycles. The molecule has 1 heterocycles. The highest BCUT2D eigenvalue weighted by Crippen LogP contribution is 2.15. The molecule has 1 aromatic heterocycles. The average Bonchev–Trinajstić information content (AvgIpc) is 2.70. The van der Waals surface area contributed by atoms with Crippen LogP contribution in [0.2, 0.25) is 0 Å². The number of nitrogen functional groups attached to an aromatic ring is 1. The van der Waals surface area contributed by atoms with E-state index in [0.29, 0.717) is 23.7 Å². The normalized spacial score (nSPS) is 10.3. The molecule has 0 saturated carbocycles. The van der Waals surface area contributed by atoms with Crippen LogP contribution >= 0.6 is 12.2 Å². The van der Waals surface area contributed by atoms with Gasteiger partial charge in [0.25, 0.3) is 0 Å². The first-order chi connectivity index (χ1) is 8.70. The predicted molar refractivity (Wildman–Crippen MR) is 72.5 cm³/mol. The van der Waals surface area contributed by atoms with Crippen LogP contribution in [0.3, 0.4) is 0 Å². The van der Waals surface area contributed by atoms with Crippen molar-refractivity contribution in [1.29, 1.82) is 0 Å². The van der Waals surface area contributed by atoms with Crippen molar-refractivity contribution in [1.82, 2.24) is 14.9 Å². The first kappa shape index (κ1) is 12.4. The topological polar surface area (TPSA) is 80.9 Å². The summed E-state index contributed by atoms with van der Waals surface area (Å²) in [5, 5.41) is 9.84. The molecule has 7 heteroatoms. The van der Waals surface area contributed by atoms with E-state index in [1.54, 1.807) is 0 Å². The Morgan fingerprint density at radius 3 is 2.72 bits per heavy atom. The van der Waals surface area contributed by atoms with Crippen LogP contribution in [-0.4, -0.2) is 21.5 Å². The van der Waals surface area contributed by atoms with Gasteiger partial charge in [0.1, 0.15) is 5.75 Å². The molecule has 0 aliphatic heterocycles. The lowest BCUT2D eigenvalue weighted by atomic mass is 10.3. The number of rotatable bonds is 5. The smallest absolute Gasteiger partial charge is 0.214 e. The number of nitrogens with one attached hydrogen (secondary N) is 2. The third-order valence-corrected chi connectivity index (χ3v) is 2.68. The van der Waals surface area contributed by atoms with Crippen molar-refractivity contribution >= 4 is 17.9 Å². The van der Waals surface area contributed by atoms with Gasteiger partial charge in [0.2, 0.25) is 4.77 Å². The van der Waals surface area contributed by atoms with Gasteiger partial charge in [0, 0.05) is 5.69 Å². The summed E-state index contributed by atoms with van der Waals surface area (Å²) >= 11 is 4.93. The molecule has 0 radical (unpaired) electrons. The molecule has 0 fully saturated rings. The van der Waals surface area contributed by atoms with Crippen molar-refractivity contribution in [3.63, 3.8) is 0 Å². The van der Waals surface area contributed by atoms with Crippen LogP contribution in [0.5, 0.6) is 5.75 Å². The zero-order chi connectivity index (χ0) is 13.0. The summed E-state index contributed by atoms with van der Waals surface area (Å²) in [6, 6.07) is 7.69. The highest BCUT2D eigenvalue weighted by atomic mass is 32.1. The Balaban J connectivity index is 1.98. The average molecular weight is 265 g/mol. The van der Waals surface area contributed by atoms with E-state index in [1.807, 2.05) is 31.2 Å². The summed E-state index contributed by atoms with van der Waals surface area (Å²) in [5.74, 6) is 7.19. The molecule has 0 aliphatic carbocycles. The quantitative estimate of drug-likeness (QED) is 0.566. The van der Waals surface area contributed by atoms with Crippen molar-refractivity contribution in [3.05, 3.63) is 34.9 Å². The zero-order valence-electron chi connectivity index (χ0n) is 10.0. The standard InChI is InChI=1S/C11H15N5OS/c1-2-17-9-5-3-8(4-6-9)13-7-10-14-15-11(18)16(10)12/h3-6,13H,2,7,12H2,1H3,(H,15,18). The monoisotopic (exact) mass is 265 g/mol. The van der Waals surface area contributed by atoms with Gasteiger partial charge in [0.15, 0.2) is 5.82 Å². The van der Waals surface area contributed by atoms with Gasteiger partial charge in [-0.3, -0.25) is 5.10 Å². The predicted octanol–water partition coefficient (Wildman–Crippen LogP) is 1.67. The Labute approximate surface area is 110 Å². The van der Waals surface area contributed by atoms with Crippen LogP contribution < -0.4 is 15.9 Å². The molecule has 4 N–H and O–H groups in total. The Morgan fingerprint density at radius 2 is 2.17 bits per heavy atom. The van der Waals surface area contributed by atoms with Crippen molar-refractivity contribution < 1.29 is 4.74 Å². The summed E-state index contributed by atoms with van der Waals surface area (Å²) < 4.78 is 7.11. The van der Waals surface area contributed by atoms with Crippen LogP contribution in [0.25, 0.3) is 0 Å². The number of hydrogen-bond acceptors (Lipinski definition) is 5. The Kier molecular flexibility index (Phi) is 3.83. The van der Waals surface area contributed by atoms with Crippen LogP contribution in [-0.2, 0) is 6.54 Å². The van der Waals surface area contributed by atoms with E-state index >= 15 is 0 Å². The minimum atomic E-state index is 0.401. The Morgan fingerprint density at radius 1 is 1.44 bits per heavy atom. The van der Waals surface area contributed by atoms with Gasteiger partial charge in [-0.15, -0.1) is 0 Å². The van der Waals surface area contributed by atoms with E-state index in [-0.39, 0.29) is 0 Å². The number of aromatic nitrogens is 3. The van der Waals surface area contributed by atoms with Gasteiger partial charge in [0.05, 0.1) is 13.2 Å². The molecule has 6 nitrogen and oxygen atoms in total. The Hall–Kier alpha value is -2.02. The molecular weight excluding hydrogens is 250 g/mol. The lowest BCUT2D eigenvalue weighted by Crippen LogP contribution is -2.15. The van der Waals surface area contributed by atoms with Gasteiger partial charge in [-0.25, -0.2) is 4.68 Å². The number of nitrogens with zero attached hydrogens (tertiary/aromatic N) is 2. The molecule has 2 rings (SSSR count). The fraction of sp³-hybridized carbons (Fsp3) is 0.273. The SMILES string of the molecule is CCOc1ccc(NCc2n[nH]c(=S)n2N)cc1. The summed E-state index contributed by atoms with van der Waals surface area (Å²) in [6.45, 7) is 3.11. The van der Waals surface area contributed by atoms with Gasteiger partial charge >= 0.3 is 0 Å². The van der Waals surface area contributed by atoms with Crippen LogP contribution in [0, 0.1) is 4.77 Å². The minimum Gasteiger partial charge on any atom is -0.494 e. The zero-order valence-corrected chi connectivity index (χ0v) is 10.8. The van der Waals surface area contributed by atoms with E-state index < -0.39 is 0 Å². The van der Waals surface area contributed by atoms with Gasteiger partial charge < -0.3 is 15.9 Å². The van der Waals surface area contributed by atoms with E-state index in [1.165, 1.54) is 4.68 Å². The maximum absolute atomic E-state index is 5.69. The van der Waals surface area contributed by atoms with E-state index in [4.69, 9.17) is 22.8 Å². The lowest BCUT2D eigenvalue weighted by molar-refractivity contribution is 0.340. The fourth-order valence-electron chi connectivity index (χ4n) is 1.48. The second-order valence-electron chi connectivity index (χ2n) is 3.63. The fourth-order valence-corrected chi connectivity index (χ4v) is 1.63. The molecule has 0 amide bonds. The van der Waals surface area contributed by atoms with Crippen LogP contribution in [0.1, 0.15) is 12.7 Å². The number of H-pyrrole nitrogens is 1. The van der Waals surface area contributed by atoms with E-state index in [0.717, 1.165) is 11.4 Å². The molecule has 0 atom stereocenters. The third-order valence-electron chi connectivity index (χ3n) is 2.39. The highest BCUT2D eigenvalue weighted by Gasteiger charge is 2.02. The summed E-state index contributed by atoms with van der Waals surface area (Å²) in [4.78, 5) is 0. The van der Waals surface area contributed by atoms with E-state index in [9.17, 15) is 0 Å². The first-order valence-corrected chi connectivity index (χ1v) is 5.99. The van der Waals surface area contributed by atoms with Gasteiger partial charge in [-0.1, -0.05) is 0 Å². The first-order valence-electron chi connectivity index (χ1n) is 5.59. The second kappa shape index (κ2) is 5.54. The third kappa shape index (κ3) is 2.80. The Bertz CT molecular complexity index is 560. The van der Waals surface area contributed by atoms with Crippen molar-refractivity contribution in [2.24, 2.45) is 0 Å². The largest absolute Gasteiger partial charge is 0.494 e. The number of ether oxygens (including phenoxy) is 1. The molecule has 0 aliphatic rings. The van der Waals surface area contributed by atoms with Crippen molar-refractivity contribution in [3.8, 4) is 5.75 Å². The molecule has 18 heavy (non-hydrogen) atoms. The van der Waals surface area contributed by atoms with E-state index in [2.05, 4.69) is 15.5 Å². The molecule has 2 aromatic rings. The van der Waals surface area contributed by atoms with Gasteiger partial charge in [-0.2, -0.15) is 5.10 Å². The number of benzene rings is 1. The number of nitrogens with two attached hydrogens (primary N) is 1. The maximum Gasteiger partial charge on any atom is 0.214 e. The molecule has 0 unspecified atom stereocenters. The van der Waals surface area contributed by atoms with Crippen LogP contribution in [0.15, 0.2) is 24.3 Å².